The molecule has 0 radical (unpaired) electrons. The highest BCUT2D eigenvalue weighted by Crippen LogP contribution is 2.21. The number of carbonyl (C=O) groups is 2. The van der Waals surface area contributed by atoms with Crippen molar-refractivity contribution in [3.63, 3.8) is 0 Å². The van der Waals surface area contributed by atoms with Gasteiger partial charge in [0.2, 0.25) is 0 Å². The van der Waals surface area contributed by atoms with E-state index in [-0.39, 0.29) is 0 Å². The first-order chi connectivity index (χ1) is 9.78. The fourth-order valence-electron chi connectivity index (χ4n) is 1.90. The van der Waals surface area contributed by atoms with Gasteiger partial charge in [-0.2, -0.15) is 11.8 Å². The van der Waals surface area contributed by atoms with Crippen LogP contribution in [0, 0.1) is 0 Å². The van der Waals surface area contributed by atoms with Crippen molar-refractivity contribution in [2.45, 2.75) is 56.9 Å². The van der Waals surface area contributed by atoms with Crippen molar-refractivity contribution in [1.29, 1.82) is 0 Å². The minimum Gasteiger partial charge on any atom is -0.480 e. The van der Waals surface area contributed by atoms with Gasteiger partial charge in [-0.25, -0.2) is 9.59 Å². The van der Waals surface area contributed by atoms with Crippen molar-refractivity contribution in [2.75, 3.05) is 19.0 Å². The van der Waals surface area contributed by atoms with Gasteiger partial charge < -0.3 is 19.9 Å². The summed E-state index contributed by atoms with van der Waals surface area (Å²) in [6.45, 7) is 6.75. The summed E-state index contributed by atoms with van der Waals surface area (Å²) in [7, 11) is 0. The minimum atomic E-state index is -1.04. The summed E-state index contributed by atoms with van der Waals surface area (Å²) in [5.41, 5.74) is -0.638. The van der Waals surface area contributed by atoms with Crippen LogP contribution in [0.4, 0.5) is 4.79 Å². The van der Waals surface area contributed by atoms with Crippen molar-refractivity contribution in [3.05, 3.63) is 0 Å². The molecule has 1 aliphatic rings. The molecule has 0 saturated carbocycles. The Labute approximate surface area is 129 Å². The van der Waals surface area contributed by atoms with E-state index < -0.39 is 23.7 Å². The third-order valence-corrected chi connectivity index (χ3v) is 4.18. The first-order valence-corrected chi connectivity index (χ1v) is 8.24. The molecule has 2 N–H and O–H groups in total. The molecule has 122 valence electrons. The molecule has 1 aliphatic heterocycles. The third kappa shape index (κ3) is 8.16. The van der Waals surface area contributed by atoms with Gasteiger partial charge in [-0.3, -0.25) is 0 Å². The van der Waals surface area contributed by atoms with Gasteiger partial charge in [-0.05, 0) is 45.8 Å². The van der Waals surface area contributed by atoms with E-state index in [4.69, 9.17) is 14.6 Å². The van der Waals surface area contributed by atoms with Crippen LogP contribution < -0.4 is 5.32 Å². The highest BCUT2D eigenvalue weighted by atomic mass is 32.2. The smallest absolute Gasteiger partial charge is 0.408 e. The number of aliphatic carboxylic acids is 1. The van der Waals surface area contributed by atoms with Crippen molar-refractivity contribution in [1.82, 2.24) is 5.32 Å². The number of rotatable bonds is 6. The Balaban J connectivity index is 2.32. The number of ether oxygens (including phenoxy) is 2. The highest BCUT2D eigenvalue weighted by Gasteiger charge is 2.24. The molecule has 0 aliphatic carbocycles. The van der Waals surface area contributed by atoms with Crippen LogP contribution in [0.5, 0.6) is 0 Å². The summed E-state index contributed by atoms with van der Waals surface area (Å²) in [5.74, 6) is -0.373. The van der Waals surface area contributed by atoms with Gasteiger partial charge in [-0.15, -0.1) is 0 Å². The lowest BCUT2D eigenvalue weighted by molar-refractivity contribution is -0.139. The van der Waals surface area contributed by atoms with Crippen LogP contribution in [0.15, 0.2) is 0 Å². The van der Waals surface area contributed by atoms with Crippen molar-refractivity contribution >= 4 is 23.8 Å². The van der Waals surface area contributed by atoms with Gasteiger partial charge in [0, 0.05) is 11.9 Å². The number of amides is 1. The SMILES string of the molecule is CC(C)(C)OC(=O)NC(CCSC1CCCOC1)C(=O)O. The van der Waals surface area contributed by atoms with Crippen LogP contribution in [-0.2, 0) is 14.3 Å². The maximum Gasteiger partial charge on any atom is 0.408 e. The van der Waals surface area contributed by atoms with Gasteiger partial charge in [0.15, 0.2) is 0 Å². The highest BCUT2D eigenvalue weighted by molar-refractivity contribution is 7.99. The third-order valence-electron chi connectivity index (χ3n) is 2.87. The zero-order chi connectivity index (χ0) is 15.9. The Morgan fingerprint density at radius 2 is 2.19 bits per heavy atom. The van der Waals surface area contributed by atoms with Crippen LogP contribution in [-0.4, -0.2) is 53.0 Å². The van der Waals surface area contributed by atoms with Crippen LogP contribution in [0.3, 0.4) is 0 Å². The zero-order valence-electron chi connectivity index (χ0n) is 12.9. The van der Waals surface area contributed by atoms with E-state index in [1.807, 2.05) is 0 Å². The molecular weight excluding hydrogens is 294 g/mol. The summed E-state index contributed by atoms with van der Waals surface area (Å²) in [5, 5.41) is 12.0. The molecule has 0 aromatic rings. The quantitative estimate of drug-likeness (QED) is 0.781. The maximum atomic E-state index is 11.6. The number of hydrogen-bond acceptors (Lipinski definition) is 5. The molecule has 1 amide bonds. The van der Waals surface area contributed by atoms with Crippen LogP contribution >= 0.6 is 11.8 Å². The lowest BCUT2D eigenvalue weighted by Gasteiger charge is -2.23. The van der Waals surface area contributed by atoms with Gasteiger partial charge in [0.25, 0.3) is 0 Å². The van der Waals surface area contributed by atoms with Gasteiger partial charge in [0.05, 0.1) is 6.61 Å². The lowest BCUT2D eigenvalue weighted by Crippen LogP contribution is -2.43. The number of hydrogen-bond donors (Lipinski definition) is 2. The van der Waals surface area contributed by atoms with Crippen molar-refractivity contribution < 1.29 is 24.2 Å². The molecule has 1 fully saturated rings. The molecule has 7 heteroatoms. The Morgan fingerprint density at radius 3 is 2.71 bits per heavy atom. The normalized spacial score (nSPS) is 20.6. The Bertz CT molecular complexity index is 350. The summed E-state index contributed by atoms with van der Waals surface area (Å²) < 4.78 is 10.5. The molecule has 1 saturated heterocycles. The Hall–Kier alpha value is -0.950. The van der Waals surface area contributed by atoms with Gasteiger partial charge in [-0.1, -0.05) is 0 Å². The van der Waals surface area contributed by atoms with E-state index in [1.54, 1.807) is 32.5 Å². The van der Waals surface area contributed by atoms with E-state index in [2.05, 4.69) is 5.32 Å². The number of carboxylic acid groups (broad SMARTS) is 1. The van der Waals surface area contributed by atoms with Crippen LogP contribution in [0.2, 0.25) is 0 Å². The predicted octanol–water partition coefficient (Wildman–Crippen LogP) is 2.27. The number of carbonyl (C=O) groups excluding carboxylic acids is 1. The molecule has 0 spiro atoms. The summed E-state index contributed by atoms with van der Waals surface area (Å²) >= 11 is 1.70. The van der Waals surface area contributed by atoms with Gasteiger partial charge >= 0.3 is 12.1 Å². The average molecular weight is 319 g/mol. The standard InChI is InChI=1S/C14H25NO5S/c1-14(2,3)20-13(18)15-11(12(16)17)6-8-21-10-5-4-7-19-9-10/h10-11H,4-9H2,1-3H3,(H,15,18)(H,16,17). The monoisotopic (exact) mass is 319 g/mol. The second-order valence-corrected chi connectivity index (χ2v) is 7.44. The van der Waals surface area contributed by atoms with E-state index in [1.165, 1.54) is 0 Å². The molecule has 2 atom stereocenters. The molecular formula is C14H25NO5S. The fourth-order valence-corrected chi connectivity index (χ4v) is 3.13. The minimum absolute atomic E-state index is 0.371. The largest absolute Gasteiger partial charge is 0.480 e. The average Bonchev–Trinajstić information content (AvgIpc) is 2.36. The molecule has 2 unspecified atom stereocenters. The van der Waals surface area contributed by atoms with Crippen LogP contribution in [0.1, 0.15) is 40.0 Å². The second kappa shape index (κ2) is 8.48. The topological polar surface area (TPSA) is 84.9 Å². The van der Waals surface area contributed by atoms with E-state index in [0.29, 0.717) is 17.4 Å². The molecule has 6 nitrogen and oxygen atoms in total. The Kier molecular flexibility index (Phi) is 7.31. The molecule has 0 aromatic carbocycles. The zero-order valence-corrected chi connectivity index (χ0v) is 13.7. The second-order valence-electron chi connectivity index (χ2n) is 6.04. The maximum absolute atomic E-state index is 11.6. The summed E-state index contributed by atoms with van der Waals surface area (Å²) in [6.07, 6.45) is 1.83. The Morgan fingerprint density at radius 1 is 1.48 bits per heavy atom. The molecule has 1 heterocycles. The van der Waals surface area contributed by atoms with Gasteiger partial charge in [0.1, 0.15) is 11.6 Å². The lowest BCUT2D eigenvalue weighted by atomic mass is 10.2. The number of thioether (sulfide) groups is 1. The van der Waals surface area contributed by atoms with Crippen molar-refractivity contribution in [2.24, 2.45) is 0 Å². The fraction of sp³-hybridized carbons (Fsp3) is 0.857. The van der Waals surface area contributed by atoms with Crippen molar-refractivity contribution in [3.8, 4) is 0 Å². The molecule has 0 aromatic heterocycles. The molecule has 1 rings (SSSR count). The number of nitrogens with one attached hydrogen (secondary N) is 1. The summed E-state index contributed by atoms with van der Waals surface area (Å²) in [6, 6.07) is -0.920. The summed E-state index contributed by atoms with van der Waals surface area (Å²) in [4.78, 5) is 22.8. The van der Waals surface area contributed by atoms with E-state index in [0.717, 1.165) is 26.1 Å². The van der Waals surface area contributed by atoms with Crippen LogP contribution in [0.25, 0.3) is 0 Å². The predicted molar refractivity (Wildman–Crippen MR) is 81.7 cm³/mol. The van der Waals surface area contributed by atoms with E-state index in [9.17, 15) is 9.59 Å². The first kappa shape index (κ1) is 18.1. The number of alkyl carbamates (subject to hydrolysis) is 1. The molecule has 0 bridgehead atoms. The van der Waals surface area contributed by atoms with E-state index >= 15 is 0 Å². The first-order valence-electron chi connectivity index (χ1n) is 7.19. The molecule has 21 heavy (non-hydrogen) atoms. The number of carboxylic acids is 1.